The molecule has 6 unspecified atom stereocenters. The van der Waals surface area contributed by atoms with Crippen LogP contribution >= 0.6 is 0 Å². The molecule has 1 saturated carbocycles. The first-order valence-electron chi connectivity index (χ1n) is 11.1. The number of ketones is 2. The van der Waals surface area contributed by atoms with E-state index in [1.54, 1.807) is 7.11 Å². The van der Waals surface area contributed by atoms with E-state index in [-0.39, 0.29) is 17.4 Å². The fourth-order valence-electron chi connectivity index (χ4n) is 7.30. The molecule has 0 aromatic heterocycles. The monoisotopic (exact) mass is 412 g/mol. The van der Waals surface area contributed by atoms with Crippen LogP contribution in [0.3, 0.4) is 0 Å². The summed E-state index contributed by atoms with van der Waals surface area (Å²) in [6.07, 6.45) is 2.00. The molecule has 6 atom stereocenters. The minimum absolute atomic E-state index is 0.206. The number of carbonyl (C=O) groups excluding carboxylic acids is 2. The number of ether oxygens (including phenoxy) is 3. The minimum atomic E-state index is -1.10. The van der Waals surface area contributed by atoms with E-state index in [1.165, 1.54) is 0 Å². The third kappa shape index (κ3) is 1.88. The smallest absolute Gasteiger partial charge is 0.230 e. The maximum absolute atomic E-state index is 13.8. The van der Waals surface area contributed by atoms with Crippen molar-refractivity contribution in [1.82, 2.24) is 0 Å². The lowest BCUT2D eigenvalue weighted by Gasteiger charge is -2.63. The molecule has 1 aromatic rings. The van der Waals surface area contributed by atoms with Crippen molar-refractivity contribution in [1.29, 1.82) is 0 Å². The van der Waals surface area contributed by atoms with E-state index in [0.29, 0.717) is 18.4 Å². The summed E-state index contributed by atoms with van der Waals surface area (Å²) in [7, 11) is 1.67. The third-order valence-electron chi connectivity index (χ3n) is 9.38. The number of fused-ring (bicyclic) bond motifs is 1. The molecule has 1 spiro atoms. The number of Topliss-reactive ketones (excluding diaryl/α,β-unsaturated/α-hetero) is 2. The molecule has 0 radical (unpaired) electrons. The van der Waals surface area contributed by atoms with Gasteiger partial charge in [0.25, 0.3) is 0 Å². The molecule has 0 amide bonds. The molecule has 2 bridgehead atoms. The maximum atomic E-state index is 13.8. The Morgan fingerprint density at radius 1 is 1.07 bits per heavy atom. The Balaban J connectivity index is 1.83. The van der Waals surface area contributed by atoms with Gasteiger partial charge in [-0.25, -0.2) is 0 Å². The van der Waals surface area contributed by atoms with Gasteiger partial charge >= 0.3 is 0 Å². The van der Waals surface area contributed by atoms with Gasteiger partial charge < -0.3 is 14.2 Å². The number of methoxy groups -OCH3 is 1. The van der Waals surface area contributed by atoms with Crippen LogP contribution in [0.15, 0.2) is 18.2 Å². The minimum Gasteiger partial charge on any atom is -0.377 e. The summed E-state index contributed by atoms with van der Waals surface area (Å²) in [5, 5.41) is 0. The standard InChI is InChI=1S/C25H32O5/c1-14-9-8-10-17-18(14)19(26)20(27)22(6)23(28-7)11-12-24(17,22)30-25(16(23)3)13-15(2)21(4,5)29-25/h8-10,15-16H,11-13H2,1-7H3. The maximum Gasteiger partial charge on any atom is 0.230 e. The highest BCUT2D eigenvalue weighted by Gasteiger charge is 2.83. The van der Waals surface area contributed by atoms with E-state index in [9.17, 15) is 9.59 Å². The SMILES string of the molecule is COC12CCC3(OC4(CC(C)C(C)(C)O4)C1C)c1cccc(C)c1C(=O)C(=O)C32C. The van der Waals surface area contributed by atoms with E-state index in [2.05, 4.69) is 27.7 Å². The number of rotatable bonds is 1. The first kappa shape index (κ1) is 20.3. The molecule has 162 valence electrons. The van der Waals surface area contributed by atoms with Gasteiger partial charge in [-0.05, 0) is 57.6 Å². The Morgan fingerprint density at radius 3 is 2.37 bits per heavy atom. The molecule has 2 heterocycles. The van der Waals surface area contributed by atoms with Crippen LogP contribution in [-0.4, -0.2) is 35.7 Å². The van der Waals surface area contributed by atoms with Crippen LogP contribution in [0.25, 0.3) is 0 Å². The second-order valence-electron chi connectivity index (χ2n) is 10.6. The largest absolute Gasteiger partial charge is 0.377 e. The summed E-state index contributed by atoms with van der Waals surface area (Å²) in [5.41, 5.74) is -1.09. The van der Waals surface area contributed by atoms with Crippen molar-refractivity contribution >= 4 is 11.6 Å². The molecular formula is C25H32O5. The van der Waals surface area contributed by atoms with Crippen molar-refractivity contribution in [3.63, 3.8) is 0 Å². The molecular weight excluding hydrogens is 380 g/mol. The van der Waals surface area contributed by atoms with Gasteiger partial charge in [-0.1, -0.05) is 32.0 Å². The van der Waals surface area contributed by atoms with Gasteiger partial charge in [0.15, 0.2) is 5.79 Å². The van der Waals surface area contributed by atoms with E-state index in [1.807, 2.05) is 32.0 Å². The fraction of sp³-hybridized carbons (Fsp3) is 0.680. The third-order valence-corrected chi connectivity index (χ3v) is 9.38. The molecule has 4 aliphatic rings. The Kier molecular flexibility index (Phi) is 3.81. The van der Waals surface area contributed by atoms with Crippen LogP contribution in [0, 0.1) is 24.2 Å². The van der Waals surface area contributed by atoms with Gasteiger partial charge in [0.2, 0.25) is 11.6 Å². The first-order chi connectivity index (χ1) is 13.9. The predicted molar refractivity (Wildman–Crippen MR) is 111 cm³/mol. The zero-order chi connectivity index (χ0) is 21.9. The Hall–Kier alpha value is -1.56. The predicted octanol–water partition coefficient (Wildman–Crippen LogP) is 4.34. The molecule has 0 N–H and O–H groups in total. The average molecular weight is 413 g/mol. The van der Waals surface area contributed by atoms with Crippen molar-refractivity contribution in [2.75, 3.05) is 7.11 Å². The lowest BCUT2D eigenvalue weighted by Crippen LogP contribution is -2.74. The number of hydrogen-bond acceptors (Lipinski definition) is 5. The number of hydrogen-bond donors (Lipinski definition) is 0. The number of carbonyl (C=O) groups is 2. The van der Waals surface area contributed by atoms with Crippen LogP contribution in [0.5, 0.6) is 0 Å². The van der Waals surface area contributed by atoms with E-state index >= 15 is 0 Å². The van der Waals surface area contributed by atoms with Gasteiger partial charge in [0, 0.05) is 25.0 Å². The second kappa shape index (κ2) is 5.62. The summed E-state index contributed by atoms with van der Waals surface area (Å²) in [4.78, 5) is 27.2. The molecule has 5 nitrogen and oxygen atoms in total. The van der Waals surface area contributed by atoms with Crippen LogP contribution in [0.4, 0.5) is 0 Å². The lowest BCUT2D eigenvalue weighted by molar-refractivity contribution is -0.392. The lowest BCUT2D eigenvalue weighted by atomic mass is 9.52. The van der Waals surface area contributed by atoms with Crippen LogP contribution in [-0.2, 0) is 24.6 Å². The normalized spacial score (nSPS) is 46.2. The van der Waals surface area contributed by atoms with Crippen molar-refractivity contribution in [2.45, 2.75) is 83.4 Å². The van der Waals surface area contributed by atoms with Gasteiger partial charge in [-0.2, -0.15) is 0 Å². The fourth-order valence-corrected chi connectivity index (χ4v) is 7.30. The highest BCUT2D eigenvalue weighted by atomic mass is 16.7. The molecule has 5 heteroatoms. The zero-order valence-corrected chi connectivity index (χ0v) is 19.0. The summed E-state index contributed by atoms with van der Waals surface area (Å²) in [6.45, 7) is 12.2. The quantitative estimate of drug-likeness (QED) is 0.642. The average Bonchev–Trinajstić information content (AvgIpc) is 3.04. The van der Waals surface area contributed by atoms with Gasteiger partial charge in [-0.15, -0.1) is 0 Å². The summed E-state index contributed by atoms with van der Waals surface area (Å²) in [5.74, 6) is -1.60. The van der Waals surface area contributed by atoms with Crippen molar-refractivity contribution in [2.24, 2.45) is 17.3 Å². The molecule has 2 aliphatic carbocycles. The van der Waals surface area contributed by atoms with E-state index < -0.39 is 34.0 Å². The van der Waals surface area contributed by atoms with E-state index in [0.717, 1.165) is 17.5 Å². The Labute approximate surface area is 178 Å². The molecule has 2 aliphatic heterocycles. The first-order valence-corrected chi connectivity index (χ1v) is 11.1. The Morgan fingerprint density at radius 2 is 1.77 bits per heavy atom. The molecule has 5 rings (SSSR count). The van der Waals surface area contributed by atoms with Crippen LogP contribution in [0.2, 0.25) is 0 Å². The summed E-state index contributed by atoms with van der Waals surface area (Å²) >= 11 is 0. The van der Waals surface area contributed by atoms with Crippen LogP contribution < -0.4 is 0 Å². The highest BCUT2D eigenvalue weighted by Crippen LogP contribution is 2.74. The molecule has 3 fully saturated rings. The second-order valence-corrected chi connectivity index (χ2v) is 10.6. The summed E-state index contributed by atoms with van der Waals surface area (Å²) < 4.78 is 20.1. The van der Waals surface area contributed by atoms with E-state index in [4.69, 9.17) is 14.2 Å². The number of benzene rings is 1. The van der Waals surface area contributed by atoms with Crippen molar-refractivity contribution in [3.05, 3.63) is 34.9 Å². The molecule has 2 saturated heterocycles. The van der Waals surface area contributed by atoms with Gasteiger partial charge in [0.05, 0.1) is 16.6 Å². The van der Waals surface area contributed by atoms with Gasteiger partial charge in [-0.3, -0.25) is 9.59 Å². The molecule has 30 heavy (non-hydrogen) atoms. The van der Waals surface area contributed by atoms with Gasteiger partial charge in [0.1, 0.15) is 5.60 Å². The molecule has 1 aromatic carbocycles. The van der Waals surface area contributed by atoms with Crippen molar-refractivity contribution < 1.29 is 23.8 Å². The summed E-state index contributed by atoms with van der Waals surface area (Å²) in [6, 6.07) is 5.81. The topological polar surface area (TPSA) is 61.8 Å². The Bertz CT molecular complexity index is 982. The highest BCUT2D eigenvalue weighted by molar-refractivity contribution is 6.47. The van der Waals surface area contributed by atoms with Crippen LogP contribution in [0.1, 0.15) is 75.4 Å². The van der Waals surface area contributed by atoms with Crippen molar-refractivity contribution in [3.8, 4) is 0 Å². The number of aryl methyl sites for hydroxylation is 1. The zero-order valence-electron chi connectivity index (χ0n) is 19.0.